The van der Waals surface area contributed by atoms with E-state index in [0.717, 1.165) is 6.42 Å². The van der Waals surface area contributed by atoms with Gasteiger partial charge in [0.05, 0.1) is 18.1 Å². The molecule has 2 unspecified atom stereocenters. The minimum Gasteiger partial charge on any atom is -0.486 e. The molecule has 1 amide bonds. The molecule has 34 heavy (non-hydrogen) atoms. The molecule has 1 saturated heterocycles. The Hall–Kier alpha value is -4.34. The fourth-order valence-electron chi connectivity index (χ4n) is 4.49. The Balaban J connectivity index is 1.56. The minimum absolute atomic E-state index is 0.0392. The highest BCUT2D eigenvalue weighted by Crippen LogP contribution is 2.25. The number of nitrogens with one attached hydrogen (secondary N) is 1. The number of allylic oxidation sites excluding steroid dienone is 2. The second-order valence-corrected chi connectivity index (χ2v) is 8.14. The minimum atomic E-state index is -0.334. The van der Waals surface area contributed by atoms with E-state index >= 15 is 0 Å². The molecule has 1 aliphatic heterocycles. The highest BCUT2D eigenvalue weighted by atomic mass is 16.5. The number of aromatic amines is 1. The molecular weight excluding hydrogens is 436 g/mol. The number of hydrogen-bond acceptors (Lipinski definition) is 6. The molecule has 2 aliphatic rings. The van der Waals surface area contributed by atoms with Gasteiger partial charge in [-0.2, -0.15) is 0 Å². The number of carbonyl (C=O) groups is 1. The first-order valence-electron chi connectivity index (χ1n) is 11.0. The van der Waals surface area contributed by atoms with E-state index in [9.17, 15) is 14.8 Å². The van der Waals surface area contributed by atoms with Crippen molar-refractivity contribution in [1.82, 2.24) is 24.0 Å². The smallest absolute Gasteiger partial charge is 0.335 e. The van der Waals surface area contributed by atoms with Crippen LogP contribution in [0.5, 0.6) is 5.75 Å². The monoisotopic (exact) mass is 460 g/mol. The Morgan fingerprint density at radius 3 is 2.82 bits per heavy atom. The van der Waals surface area contributed by atoms with Gasteiger partial charge in [0.1, 0.15) is 17.4 Å². The van der Waals surface area contributed by atoms with Crippen molar-refractivity contribution in [3.63, 3.8) is 0 Å². The molecule has 2 atom stereocenters. The molecule has 0 bridgehead atoms. The molecule has 3 aromatic rings. The maximum Gasteiger partial charge on any atom is 0.335 e. The molecule has 0 radical (unpaired) electrons. The lowest BCUT2D eigenvalue weighted by Gasteiger charge is -2.16. The lowest BCUT2D eigenvalue weighted by atomic mass is 10.1. The molecule has 1 aliphatic carbocycles. The van der Waals surface area contributed by atoms with Crippen LogP contribution in [-0.2, 0) is 4.79 Å². The van der Waals surface area contributed by atoms with Gasteiger partial charge in [0.25, 0.3) is 0 Å². The molecule has 174 valence electrons. The predicted octanol–water partition coefficient (Wildman–Crippen LogP) is 2.03. The highest BCUT2D eigenvalue weighted by molar-refractivity contribution is 5.87. The van der Waals surface area contributed by atoms with Crippen LogP contribution in [0.2, 0.25) is 0 Å². The zero-order valence-corrected chi connectivity index (χ0v) is 18.4. The van der Waals surface area contributed by atoms with Gasteiger partial charge in [-0.05, 0) is 42.8 Å². The van der Waals surface area contributed by atoms with Crippen LogP contribution in [0.3, 0.4) is 0 Å². The van der Waals surface area contributed by atoms with E-state index in [1.165, 1.54) is 17.0 Å². The number of rotatable bonds is 5. The Labute approximate surface area is 194 Å². The van der Waals surface area contributed by atoms with Gasteiger partial charge < -0.3 is 19.8 Å². The van der Waals surface area contributed by atoms with Crippen LogP contribution < -0.4 is 15.9 Å². The van der Waals surface area contributed by atoms with E-state index in [4.69, 9.17) is 4.74 Å². The third-order valence-corrected chi connectivity index (χ3v) is 6.11. The lowest BCUT2D eigenvalue weighted by molar-refractivity contribution is -0.125. The number of nitrogens with zero attached hydrogens (tertiary/aromatic N) is 5. The summed E-state index contributed by atoms with van der Waals surface area (Å²) in [6.07, 6.45) is 12.0. The summed E-state index contributed by atoms with van der Waals surface area (Å²) < 4.78 is 9.01. The zero-order valence-electron chi connectivity index (χ0n) is 18.4. The van der Waals surface area contributed by atoms with Crippen LogP contribution in [0.4, 0.5) is 0 Å². The summed E-state index contributed by atoms with van der Waals surface area (Å²) in [5, 5.41) is 12.9. The number of imidazole rings is 1. The van der Waals surface area contributed by atoms with E-state index in [1.807, 2.05) is 24.3 Å². The average Bonchev–Trinajstić information content (AvgIpc) is 3.46. The first-order chi connectivity index (χ1) is 16.6. The third-order valence-electron chi connectivity index (χ3n) is 6.11. The van der Waals surface area contributed by atoms with E-state index < -0.39 is 0 Å². The van der Waals surface area contributed by atoms with Crippen LogP contribution in [0, 0.1) is 0 Å². The van der Waals surface area contributed by atoms with Crippen molar-refractivity contribution in [3.8, 4) is 11.4 Å². The zero-order chi connectivity index (χ0) is 23.7. The van der Waals surface area contributed by atoms with E-state index in [1.54, 1.807) is 33.7 Å². The van der Waals surface area contributed by atoms with Crippen LogP contribution in [0.25, 0.3) is 16.9 Å². The van der Waals surface area contributed by atoms with Crippen molar-refractivity contribution in [2.45, 2.75) is 25.0 Å². The first kappa shape index (κ1) is 21.5. The van der Waals surface area contributed by atoms with Crippen molar-refractivity contribution in [1.29, 1.82) is 0 Å². The molecule has 0 spiro atoms. The Morgan fingerprint density at radius 1 is 1.29 bits per heavy atom. The summed E-state index contributed by atoms with van der Waals surface area (Å²) in [5.74, 6) is 0.502. The van der Waals surface area contributed by atoms with Gasteiger partial charge in [-0.1, -0.05) is 30.0 Å². The van der Waals surface area contributed by atoms with Gasteiger partial charge in [0.15, 0.2) is 11.1 Å². The molecule has 10 nitrogen and oxygen atoms in total. The van der Waals surface area contributed by atoms with Crippen molar-refractivity contribution in [2.75, 3.05) is 13.1 Å². The molecular formula is C24H24N6O4. The van der Waals surface area contributed by atoms with Gasteiger partial charge >= 0.3 is 5.69 Å². The number of fused-ring (bicyclic) bond motifs is 1. The molecule has 5 rings (SSSR count). The van der Waals surface area contributed by atoms with Crippen molar-refractivity contribution < 1.29 is 14.7 Å². The van der Waals surface area contributed by atoms with Gasteiger partial charge in [0.2, 0.25) is 5.91 Å². The summed E-state index contributed by atoms with van der Waals surface area (Å²) in [5.41, 5.74) is 1.06. The molecule has 3 heterocycles. The number of ether oxygens (including phenoxy) is 1. The fraction of sp³-hybridized carbons (Fsp3) is 0.250. The van der Waals surface area contributed by atoms with Crippen molar-refractivity contribution >= 4 is 17.1 Å². The number of likely N-dealkylation sites (tertiary alicyclic amines) is 1. The predicted molar refractivity (Wildman–Crippen MR) is 125 cm³/mol. The number of benzene rings is 1. The quantitative estimate of drug-likeness (QED) is 0.343. The maximum absolute atomic E-state index is 13.7. The number of carbonyl (C=O) groups excluding carboxylic acids is 1. The Kier molecular flexibility index (Phi) is 5.62. The van der Waals surface area contributed by atoms with Crippen LogP contribution in [0.1, 0.15) is 18.9 Å². The largest absolute Gasteiger partial charge is 0.486 e. The molecule has 1 fully saturated rings. The van der Waals surface area contributed by atoms with Crippen LogP contribution in [0.15, 0.2) is 77.5 Å². The summed E-state index contributed by atoms with van der Waals surface area (Å²) in [4.78, 5) is 34.6. The van der Waals surface area contributed by atoms with Crippen LogP contribution >= 0.6 is 0 Å². The standard InChI is InChI=1S/C24H24N6O4/c1-2-20(31)28-13-12-17(14-28)30-23-21(22(27-33)25-15-26-23)29(24(30)32)16-8-10-19(11-9-16)34-18-6-4-3-5-7-18/h2-6,8-11,15,17-18,33H,1,7,12-14H2,(H,25,26,27). The summed E-state index contributed by atoms with van der Waals surface area (Å²) in [7, 11) is 0. The SMILES string of the molecule is C=CC(=O)N1CCC(n2c(=O)n(-c3ccc(OC4C=CC=CC4)cc3)c3/c(=N/O)[nH]cnc32)C1. The second kappa shape index (κ2) is 8.89. The molecule has 2 aromatic heterocycles. The lowest BCUT2D eigenvalue weighted by Crippen LogP contribution is -2.31. The number of amides is 1. The summed E-state index contributed by atoms with van der Waals surface area (Å²) in [6, 6.07) is 6.88. The van der Waals surface area contributed by atoms with Gasteiger partial charge in [0, 0.05) is 19.5 Å². The van der Waals surface area contributed by atoms with Crippen molar-refractivity contribution in [3.05, 3.63) is 83.5 Å². The number of aromatic nitrogens is 4. The van der Waals surface area contributed by atoms with E-state index in [-0.39, 0.29) is 29.2 Å². The van der Waals surface area contributed by atoms with E-state index in [0.29, 0.717) is 42.1 Å². The normalized spacial score (nSPS) is 20.2. The van der Waals surface area contributed by atoms with Gasteiger partial charge in [-0.25, -0.2) is 9.78 Å². The Bertz CT molecular complexity index is 1430. The van der Waals surface area contributed by atoms with Crippen LogP contribution in [-0.4, -0.2) is 54.3 Å². The molecule has 1 aromatic carbocycles. The molecule has 10 heteroatoms. The van der Waals surface area contributed by atoms with Gasteiger partial charge in [-0.3, -0.25) is 13.9 Å². The highest BCUT2D eigenvalue weighted by Gasteiger charge is 2.31. The molecule has 2 N–H and O–H groups in total. The summed E-state index contributed by atoms with van der Waals surface area (Å²) in [6.45, 7) is 4.43. The maximum atomic E-state index is 13.7. The second-order valence-electron chi connectivity index (χ2n) is 8.14. The summed E-state index contributed by atoms with van der Waals surface area (Å²) >= 11 is 0. The Morgan fingerprint density at radius 2 is 2.12 bits per heavy atom. The van der Waals surface area contributed by atoms with E-state index in [2.05, 4.69) is 21.7 Å². The fourth-order valence-corrected chi connectivity index (χ4v) is 4.49. The van der Waals surface area contributed by atoms with Gasteiger partial charge in [-0.15, -0.1) is 0 Å². The third kappa shape index (κ3) is 3.72. The average molecular weight is 460 g/mol. The topological polar surface area (TPSA) is 118 Å². The number of hydrogen-bond donors (Lipinski definition) is 2. The van der Waals surface area contributed by atoms with Crippen molar-refractivity contribution in [2.24, 2.45) is 5.16 Å². The first-order valence-corrected chi connectivity index (χ1v) is 11.0. The molecule has 0 saturated carbocycles. The number of H-pyrrole nitrogens is 1.